The highest BCUT2D eigenvalue weighted by atomic mass is 35.5. The zero-order valence-electron chi connectivity index (χ0n) is 6.25. The smallest absolute Gasteiger partial charge is 0.317 e. The van der Waals surface area contributed by atoms with Crippen LogP contribution in [0.5, 0.6) is 0 Å². The van der Waals surface area contributed by atoms with Crippen LogP contribution in [0.2, 0.25) is 0 Å². The second-order valence-corrected chi connectivity index (χ2v) is 2.42. The van der Waals surface area contributed by atoms with Gasteiger partial charge in [-0.05, 0) is 0 Å². The van der Waals surface area contributed by atoms with Crippen molar-refractivity contribution >= 4 is 18.4 Å². The normalized spacial score (nSPS) is 18.9. The summed E-state index contributed by atoms with van der Waals surface area (Å²) in [7, 11) is 0. The molecule has 0 saturated carbocycles. The molecule has 1 aliphatic heterocycles. The third-order valence-corrected chi connectivity index (χ3v) is 1.57. The van der Waals surface area contributed by atoms with Gasteiger partial charge in [0.25, 0.3) is 0 Å². The van der Waals surface area contributed by atoms with E-state index in [0.29, 0.717) is 0 Å². The van der Waals surface area contributed by atoms with Gasteiger partial charge in [-0.2, -0.15) is 0 Å². The Bertz CT molecular complexity index is 126. The Morgan fingerprint density at radius 3 is 2.45 bits per heavy atom. The van der Waals surface area contributed by atoms with Gasteiger partial charge in [-0.3, -0.25) is 9.69 Å². The van der Waals surface area contributed by atoms with E-state index in [1.807, 2.05) is 4.90 Å². The molecule has 4 nitrogen and oxygen atoms in total. The number of hydrogen-bond acceptors (Lipinski definition) is 3. The molecule has 1 fully saturated rings. The molecule has 1 rings (SSSR count). The van der Waals surface area contributed by atoms with Crippen LogP contribution in [0.15, 0.2) is 0 Å². The second-order valence-electron chi connectivity index (χ2n) is 2.42. The summed E-state index contributed by atoms with van der Waals surface area (Å²) in [4.78, 5) is 12.1. The summed E-state index contributed by atoms with van der Waals surface area (Å²) in [5, 5.41) is 11.6. The molecule has 0 aromatic carbocycles. The monoisotopic (exact) mass is 180 g/mol. The van der Waals surface area contributed by atoms with Crippen molar-refractivity contribution in [1.29, 1.82) is 0 Å². The lowest BCUT2D eigenvalue weighted by molar-refractivity contribution is -0.138. The molecular weight excluding hydrogens is 168 g/mol. The first-order valence-corrected chi connectivity index (χ1v) is 3.44. The average Bonchev–Trinajstić information content (AvgIpc) is 1.88. The molecule has 0 amide bonds. The molecule has 1 heterocycles. The van der Waals surface area contributed by atoms with E-state index in [-0.39, 0.29) is 19.0 Å². The van der Waals surface area contributed by atoms with Gasteiger partial charge in [0.1, 0.15) is 0 Å². The van der Waals surface area contributed by atoms with E-state index in [9.17, 15) is 4.79 Å². The number of piperazine rings is 1. The maximum atomic E-state index is 10.2. The van der Waals surface area contributed by atoms with E-state index in [4.69, 9.17) is 5.11 Å². The largest absolute Gasteiger partial charge is 0.480 e. The number of nitrogens with zero attached hydrogens (tertiary/aromatic N) is 1. The van der Waals surface area contributed by atoms with Gasteiger partial charge < -0.3 is 10.4 Å². The number of carbonyl (C=O) groups is 1. The lowest BCUT2D eigenvalue weighted by Gasteiger charge is -2.25. The van der Waals surface area contributed by atoms with Crippen molar-refractivity contribution in [3.8, 4) is 0 Å². The topological polar surface area (TPSA) is 52.6 Å². The van der Waals surface area contributed by atoms with Crippen LogP contribution < -0.4 is 5.32 Å². The van der Waals surface area contributed by atoms with Crippen molar-refractivity contribution in [3.05, 3.63) is 0 Å². The highest BCUT2D eigenvalue weighted by Gasteiger charge is 2.11. The molecule has 1 aliphatic rings. The fourth-order valence-corrected chi connectivity index (χ4v) is 1.06. The first-order valence-electron chi connectivity index (χ1n) is 3.44. The number of aliphatic carboxylic acids is 1. The van der Waals surface area contributed by atoms with Crippen molar-refractivity contribution in [1.82, 2.24) is 10.2 Å². The number of carboxylic acids is 1. The molecule has 0 spiro atoms. The quantitative estimate of drug-likeness (QED) is 0.596. The summed E-state index contributed by atoms with van der Waals surface area (Å²) >= 11 is 0. The Morgan fingerprint density at radius 1 is 1.45 bits per heavy atom. The minimum atomic E-state index is -0.734. The lowest BCUT2D eigenvalue weighted by atomic mass is 10.3. The summed E-state index contributed by atoms with van der Waals surface area (Å²) < 4.78 is 0. The van der Waals surface area contributed by atoms with Crippen LogP contribution in [0.3, 0.4) is 0 Å². The first-order chi connectivity index (χ1) is 4.79. The van der Waals surface area contributed by atoms with Crippen molar-refractivity contribution < 1.29 is 9.90 Å². The van der Waals surface area contributed by atoms with Gasteiger partial charge in [-0.25, -0.2) is 0 Å². The summed E-state index contributed by atoms with van der Waals surface area (Å²) in [5.41, 5.74) is 0. The van der Waals surface area contributed by atoms with Gasteiger partial charge >= 0.3 is 5.97 Å². The number of rotatable bonds is 2. The van der Waals surface area contributed by atoms with Gasteiger partial charge in [-0.1, -0.05) is 0 Å². The summed E-state index contributed by atoms with van der Waals surface area (Å²) in [5.74, 6) is -0.734. The summed E-state index contributed by atoms with van der Waals surface area (Å²) in [6, 6.07) is 0. The number of hydrogen-bond donors (Lipinski definition) is 2. The van der Waals surface area contributed by atoms with Crippen LogP contribution >= 0.6 is 12.4 Å². The van der Waals surface area contributed by atoms with E-state index in [2.05, 4.69) is 5.32 Å². The summed E-state index contributed by atoms with van der Waals surface area (Å²) in [6.45, 7) is 3.71. The Balaban J connectivity index is 0.000001000. The molecule has 0 radical (unpaired) electrons. The molecule has 0 aromatic heterocycles. The third kappa shape index (κ3) is 4.19. The van der Waals surface area contributed by atoms with Crippen LogP contribution in [0.4, 0.5) is 0 Å². The number of nitrogens with one attached hydrogen (secondary N) is 1. The Hall–Kier alpha value is -0.320. The highest BCUT2D eigenvalue weighted by Crippen LogP contribution is 1.89. The van der Waals surface area contributed by atoms with Gasteiger partial charge in [0.05, 0.1) is 6.54 Å². The van der Waals surface area contributed by atoms with Crippen LogP contribution in [-0.4, -0.2) is 48.7 Å². The number of carboxylic acid groups (broad SMARTS) is 1. The van der Waals surface area contributed by atoms with Crippen molar-refractivity contribution in [3.63, 3.8) is 0 Å². The predicted molar refractivity (Wildman–Crippen MR) is 44.2 cm³/mol. The molecule has 0 aliphatic carbocycles. The first kappa shape index (κ1) is 10.7. The van der Waals surface area contributed by atoms with E-state index in [1.165, 1.54) is 0 Å². The molecule has 5 heteroatoms. The van der Waals surface area contributed by atoms with Crippen LogP contribution in [0.1, 0.15) is 0 Å². The van der Waals surface area contributed by atoms with Crippen molar-refractivity contribution in [2.75, 3.05) is 32.7 Å². The Morgan fingerprint density at radius 2 is 2.00 bits per heavy atom. The molecule has 0 atom stereocenters. The molecule has 1 saturated heterocycles. The maximum absolute atomic E-state index is 10.2. The van der Waals surface area contributed by atoms with E-state index in [0.717, 1.165) is 26.2 Å². The SMILES string of the molecule is Cl.O=C(O)CN1CCNCC1. The van der Waals surface area contributed by atoms with Gasteiger partial charge in [0.15, 0.2) is 0 Å². The zero-order chi connectivity index (χ0) is 7.40. The fourth-order valence-electron chi connectivity index (χ4n) is 1.06. The van der Waals surface area contributed by atoms with Gasteiger partial charge in [-0.15, -0.1) is 12.4 Å². The van der Waals surface area contributed by atoms with E-state index >= 15 is 0 Å². The van der Waals surface area contributed by atoms with Crippen molar-refractivity contribution in [2.45, 2.75) is 0 Å². The minimum absolute atomic E-state index is 0. The molecule has 11 heavy (non-hydrogen) atoms. The second kappa shape index (κ2) is 5.35. The molecular formula is C6H13ClN2O2. The van der Waals surface area contributed by atoms with Crippen LogP contribution in [0.25, 0.3) is 0 Å². The fraction of sp³-hybridized carbons (Fsp3) is 0.833. The molecule has 2 N–H and O–H groups in total. The highest BCUT2D eigenvalue weighted by molar-refractivity contribution is 5.85. The average molecular weight is 181 g/mol. The number of halogens is 1. The Labute approximate surface area is 72.0 Å². The minimum Gasteiger partial charge on any atom is -0.480 e. The Kier molecular flexibility index (Phi) is 5.19. The predicted octanol–water partition coefficient (Wildman–Crippen LogP) is -0.602. The standard InChI is InChI=1S/C6H12N2O2.ClH/c9-6(10)5-8-3-1-7-2-4-8;/h7H,1-5H2,(H,9,10);1H. The molecule has 0 aromatic rings. The maximum Gasteiger partial charge on any atom is 0.317 e. The van der Waals surface area contributed by atoms with Gasteiger partial charge in [0.2, 0.25) is 0 Å². The van der Waals surface area contributed by atoms with Crippen LogP contribution in [-0.2, 0) is 4.79 Å². The lowest BCUT2D eigenvalue weighted by Crippen LogP contribution is -2.45. The van der Waals surface area contributed by atoms with Crippen LogP contribution in [0, 0.1) is 0 Å². The summed E-state index contributed by atoms with van der Waals surface area (Å²) in [6.07, 6.45) is 0. The third-order valence-electron chi connectivity index (χ3n) is 1.57. The molecule has 0 bridgehead atoms. The molecule has 66 valence electrons. The van der Waals surface area contributed by atoms with E-state index in [1.54, 1.807) is 0 Å². The zero-order valence-corrected chi connectivity index (χ0v) is 7.06. The van der Waals surface area contributed by atoms with Gasteiger partial charge in [0, 0.05) is 26.2 Å². The molecule has 0 unspecified atom stereocenters. The van der Waals surface area contributed by atoms with Crippen molar-refractivity contribution in [2.24, 2.45) is 0 Å². The van der Waals surface area contributed by atoms with E-state index < -0.39 is 5.97 Å².